The SMILES string of the molecule is CCNCc1cc(F)ccc1Sc1n[nH]c(=O)n1C. The third kappa shape index (κ3) is 3.24. The molecule has 2 rings (SSSR count). The van der Waals surface area contributed by atoms with Crippen LogP contribution in [0, 0.1) is 5.82 Å². The highest BCUT2D eigenvalue weighted by atomic mass is 32.2. The number of H-pyrrole nitrogens is 1. The van der Waals surface area contributed by atoms with Crippen molar-refractivity contribution in [1.29, 1.82) is 0 Å². The zero-order valence-corrected chi connectivity index (χ0v) is 11.6. The van der Waals surface area contributed by atoms with Gasteiger partial charge in [0.1, 0.15) is 5.82 Å². The second-order valence-corrected chi connectivity index (χ2v) is 5.01. The fraction of sp³-hybridized carbons (Fsp3) is 0.333. The first kappa shape index (κ1) is 13.8. The summed E-state index contributed by atoms with van der Waals surface area (Å²) in [5.41, 5.74) is 0.583. The Kier molecular flexibility index (Phi) is 4.39. The Labute approximate surface area is 114 Å². The van der Waals surface area contributed by atoms with E-state index in [4.69, 9.17) is 0 Å². The van der Waals surface area contributed by atoms with Crippen molar-refractivity contribution in [3.8, 4) is 0 Å². The molecule has 0 aliphatic heterocycles. The average Bonchev–Trinajstić information content (AvgIpc) is 2.71. The molecule has 19 heavy (non-hydrogen) atoms. The second-order valence-electron chi connectivity index (χ2n) is 4.00. The Hall–Kier alpha value is -1.60. The van der Waals surface area contributed by atoms with Crippen LogP contribution in [0.25, 0.3) is 0 Å². The van der Waals surface area contributed by atoms with E-state index in [1.165, 1.54) is 28.5 Å². The van der Waals surface area contributed by atoms with E-state index < -0.39 is 0 Å². The zero-order valence-electron chi connectivity index (χ0n) is 10.7. The van der Waals surface area contributed by atoms with Crippen molar-refractivity contribution in [3.63, 3.8) is 0 Å². The fourth-order valence-corrected chi connectivity index (χ4v) is 2.47. The van der Waals surface area contributed by atoms with Crippen molar-refractivity contribution in [2.45, 2.75) is 23.5 Å². The van der Waals surface area contributed by atoms with Gasteiger partial charge in [-0.3, -0.25) is 4.57 Å². The Morgan fingerprint density at radius 1 is 1.53 bits per heavy atom. The first-order valence-electron chi connectivity index (χ1n) is 5.90. The monoisotopic (exact) mass is 282 g/mol. The molecule has 1 heterocycles. The molecule has 1 aromatic carbocycles. The van der Waals surface area contributed by atoms with Crippen molar-refractivity contribution < 1.29 is 4.39 Å². The van der Waals surface area contributed by atoms with E-state index in [1.54, 1.807) is 13.1 Å². The lowest BCUT2D eigenvalue weighted by Gasteiger charge is -2.09. The molecule has 2 N–H and O–H groups in total. The molecule has 1 aromatic heterocycles. The molecule has 0 amide bonds. The molecule has 0 saturated carbocycles. The highest BCUT2D eigenvalue weighted by molar-refractivity contribution is 7.99. The Morgan fingerprint density at radius 3 is 2.95 bits per heavy atom. The van der Waals surface area contributed by atoms with Crippen LogP contribution in [0.1, 0.15) is 12.5 Å². The van der Waals surface area contributed by atoms with Crippen LogP contribution in [0.4, 0.5) is 4.39 Å². The molecule has 0 bridgehead atoms. The Bertz CT molecular complexity index is 622. The number of nitrogens with one attached hydrogen (secondary N) is 2. The van der Waals surface area contributed by atoms with E-state index in [0.717, 1.165) is 17.0 Å². The summed E-state index contributed by atoms with van der Waals surface area (Å²) in [5.74, 6) is -0.270. The Balaban J connectivity index is 2.28. The maximum atomic E-state index is 13.3. The first-order chi connectivity index (χ1) is 9.11. The van der Waals surface area contributed by atoms with Crippen molar-refractivity contribution >= 4 is 11.8 Å². The quantitative estimate of drug-likeness (QED) is 0.872. The average molecular weight is 282 g/mol. The molecule has 7 heteroatoms. The van der Waals surface area contributed by atoms with Gasteiger partial charge in [0.25, 0.3) is 0 Å². The maximum absolute atomic E-state index is 13.3. The minimum atomic E-state index is -0.270. The summed E-state index contributed by atoms with van der Waals surface area (Å²) in [6.45, 7) is 3.38. The summed E-state index contributed by atoms with van der Waals surface area (Å²) >= 11 is 1.33. The predicted molar refractivity (Wildman–Crippen MR) is 71.7 cm³/mol. The molecule has 0 aliphatic rings. The molecule has 2 aromatic rings. The minimum Gasteiger partial charge on any atom is -0.313 e. The van der Waals surface area contributed by atoms with E-state index >= 15 is 0 Å². The number of aromatic amines is 1. The van der Waals surface area contributed by atoms with E-state index in [1.807, 2.05) is 6.92 Å². The van der Waals surface area contributed by atoms with Gasteiger partial charge in [-0.2, -0.15) is 0 Å². The third-order valence-corrected chi connectivity index (χ3v) is 3.79. The van der Waals surface area contributed by atoms with Gasteiger partial charge in [0, 0.05) is 18.5 Å². The van der Waals surface area contributed by atoms with Gasteiger partial charge in [-0.15, -0.1) is 5.10 Å². The lowest BCUT2D eigenvalue weighted by atomic mass is 10.2. The molecular formula is C12H15FN4OS. The van der Waals surface area contributed by atoms with Crippen LogP contribution < -0.4 is 11.0 Å². The molecule has 0 fully saturated rings. The van der Waals surface area contributed by atoms with Crippen molar-refractivity contribution in [3.05, 3.63) is 40.1 Å². The standard InChI is InChI=1S/C12H15FN4OS/c1-3-14-7-8-6-9(13)4-5-10(8)19-12-16-15-11(18)17(12)2/h4-6,14H,3,7H2,1-2H3,(H,15,18). The van der Waals surface area contributed by atoms with Gasteiger partial charge in [-0.05, 0) is 42.1 Å². The van der Waals surface area contributed by atoms with Crippen LogP contribution in [0.15, 0.2) is 33.0 Å². The number of hydrogen-bond acceptors (Lipinski definition) is 4. The van der Waals surface area contributed by atoms with Crippen molar-refractivity contribution in [2.24, 2.45) is 7.05 Å². The summed E-state index contributed by atoms with van der Waals surface area (Å²) in [7, 11) is 1.64. The van der Waals surface area contributed by atoms with Gasteiger partial charge in [-0.1, -0.05) is 6.92 Å². The molecule has 0 unspecified atom stereocenters. The zero-order chi connectivity index (χ0) is 13.8. The normalized spacial score (nSPS) is 10.9. The summed E-state index contributed by atoms with van der Waals surface area (Å²) in [6, 6.07) is 4.60. The summed E-state index contributed by atoms with van der Waals surface area (Å²) < 4.78 is 14.7. The predicted octanol–water partition coefficient (Wildman–Crippen LogP) is 1.51. The second kappa shape index (κ2) is 6.03. The number of rotatable bonds is 5. The van der Waals surface area contributed by atoms with Crippen LogP contribution in [-0.2, 0) is 13.6 Å². The van der Waals surface area contributed by atoms with E-state index in [2.05, 4.69) is 15.5 Å². The highest BCUT2D eigenvalue weighted by Gasteiger charge is 2.10. The third-order valence-electron chi connectivity index (χ3n) is 2.63. The Morgan fingerprint density at radius 2 is 2.32 bits per heavy atom. The molecular weight excluding hydrogens is 267 g/mol. The topological polar surface area (TPSA) is 62.7 Å². The van der Waals surface area contributed by atoms with Crippen LogP contribution in [-0.4, -0.2) is 21.3 Å². The number of hydrogen-bond donors (Lipinski definition) is 2. The van der Waals surface area contributed by atoms with Gasteiger partial charge in [0.05, 0.1) is 0 Å². The molecule has 0 atom stereocenters. The molecule has 0 aliphatic carbocycles. The maximum Gasteiger partial charge on any atom is 0.343 e. The van der Waals surface area contributed by atoms with Gasteiger partial charge in [0.15, 0.2) is 5.16 Å². The molecule has 102 valence electrons. The smallest absolute Gasteiger partial charge is 0.313 e. The largest absolute Gasteiger partial charge is 0.343 e. The first-order valence-corrected chi connectivity index (χ1v) is 6.72. The number of nitrogens with zero attached hydrogens (tertiary/aromatic N) is 2. The van der Waals surface area contributed by atoms with Crippen LogP contribution in [0.5, 0.6) is 0 Å². The molecule has 0 spiro atoms. The lowest BCUT2D eigenvalue weighted by molar-refractivity contribution is 0.618. The molecule has 0 radical (unpaired) electrons. The van der Waals surface area contributed by atoms with Crippen molar-refractivity contribution in [1.82, 2.24) is 20.1 Å². The summed E-state index contributed by atoms with van der Waals surface area (Å²) in [6.07, 6.45) is 0. The summed E-state index contributed by atoms with van der Waals surface area (Å²) in [4.78, 5) is 12.2. The van der Waals surface area contributed by atoms with Gasteiger partial charge < -0.3 is 5.32 Å². The van der Waals surface area contributed by atoms with Crippen LogP contribution in [0.2, 0.25) is 0 Å². The number of benzene rings is 1. The lowest BCUT2D eigenvalue weighted by Crippen LogP contribution is -2.14. The van der Waals surface area contributed by atoms with Gasteiger partial charge in [0.2, 0.25) is 0 Å². The number of aromatic nitrogens is 3. The van der Waals surface area contributed by atoms with Crippen LogP contribution >= 0.6 is 11.8 Å². The molecule has 0 saturated heterocycles. The van der Waals surface area contributed by atoms with E-state index in [-0.39, 0.29) is 11.5 Å². The van der Waals surface area contributed by atoms with Gasteiger partial charge >= 0.3 is 5.69 Å². The van der Waals surface area contributed by atoms with Crippen LogP contribution in [0.3, 0.4) is 0 Å². The van der Waals surface area contributed by atoms with Gasteiger partial charge in [-0.25, -0.2) is 14.3 Å². The molecule has 5 nitrogen and oxygen atoms in total. The fourth-order valence-electron chi connectivity index (χ4n) is 1.57. The van der Waals surface area contributed by atoms with E-state index in [0.29, 0.717) is 11.7 Å². The number of halogens is 1. The van der Waals surface area contributed by atoms with E-state index in [9.17, 15) is 9.18 Å². The van der Waals surface area contributed by atoms with Crippen molar-refractivity contribution in [2.75, 3.05) is 6.54 Å². The summed E-state index contributed by atoms with van der Waals surface area (Å²) in [5, 5.41) is 10.0. The highest BCUT2D eigenvalue weighted by Crippen LogP contribution is 2.28. The minimum absolute atomic E-state index is 0.266.